The Morgan fingerprint density at radius 3 is 2.71 bits per heavy atom. The minimum absolute atomic E-state index is 0.207. The Labute approximate surface area is 127 Å². The van der Waals surface area contributed by atoms with Gasteiger partial charge in [0.05, 0.1) is 6.54 Å². The van der Waals surface area contributed by atoms with Gasteiger partial charge in [0.2, 0.25) is 0 Å². The lowest BCUT2D eigenvalue weighted by molar-refractivity contribution is 0.145. The predicted octanol–water partition coefficient (Wildman–Crippen LogP) is 2.44. The molecule has 0 atom stereocenters. The maximum atomic E-state index is 5.95. The van der Waals surface area contributed by atoms with Crippen LogP contribution in [0.25, 0.3) is 0 Å². The molecular weight excluding hydrogens is 262 g/mol. The van der Waals surface area contributed by atoms with Crippen LogP contribution in [-0.2, 0) is 10.2 Å². The van der Waals surface area contributed by atoms with Crippen LogP contribution < -0.4 is 11.1 Å². The SMILES string of the molecule is CCOCCCNC(N)=NCC1(c2ccccc2)CCC1. The molecule has 116 valence electrons. The van der Waals surface area contributed by atoms with Gasteiger partial charge in [-0.1, -0.05) is 36.8 Å². The van der Waals surface area contributed by atoms with Crippen molar-refractivity contribution in [3.8, 4) is 0 Å². The lowest BCUT2D eigenvalue weighted by Crippen LogP contribution is -2.40. The van der Waals surface area contributed by atoms with Gasteiger partial charge in [0, 0.05) is 25.2 Å². The molecule has 1 fully saturated rings. The van der Waals surface area contributed by atoms with Crippen LogP contribution in [0.1, 0.15) is 38.2 Å². The van der Waals surface area contributed by atoms with E-state index in [1.54, 1.807) is 0 Å². The van der Waals surface area contributed by atoms with Crippen molar-refractivity contribution in [3.05, 3.63) is 35.9 Å². The summed E-state index contributed by atoms with van der Waals surface area (Å²) in [5.74, 6) is 0.550. The molecule has 0 unspecified atom stereocenters. The van der Waals surface area contributed by atoms with E-state index in [0.29, 0.717) is 5.96 Å². The number of rotatable bonds is 8. The van der Waals surface area contributed by atoms with Crippen LogP contribution in [0.4, 0.5) is 0 Å². The third-order valence-electron chi connectivity index (χ3n) is 4.22. The summed E-state index contributed by atoms with van der Waals surface area (Å²) in [6.07, 6.45) is 4.65. The molecular formula is C17H27N3O. The smallest absolute Gasteiger partial charge is 0.188 e. The van der Waals surface area contributed by atoms with E-state index >= 15 is 0 Å². The number of nitrogens with one attached hydrogen (secondary N) is 1. The van der Waals surface area contributed by atoms with E-state index in [0.717, 1.165) is 32.7 Å². The molecule has 21 heavy (non-hydrogen) atoms. The van der Waals surface area contributed by atoms with Gasteiger partial charge < -0.3 is 15.8 Å². The van der Waals surface area contributed by atoms with E-state index in [1.165, 1.54) is 24.8 Å². The number of hydrogen-bond acceptors (Lipinski definition) is 2. The van der Waals surface area contributed by atoms with Crippen molar-refractivity contribution in [3.63, 3.8) is 0 Å². The van der Waals surface area contributed by atoms with E-state index in [1.807, 2.05) is 6.92 Å². The highest BCUT2D eigenvalue weighted by atomic mass is 16.5. The van der Waals surface area contributed by atoms with Gasteiger partial charge >= 0.3 is 0 Å². The predicted molar refractivity (Wildman–Crippen MR) is 87.6 cm³/mol. The third-order valence-corrected chi connectivity index (χ3v) is 4.22. The lowest BCUT2D eigenvalue weighted by atomic mass is 9.64. The monoisotopic (exact) mass is 289 g/mol. The minimum atomic E-state index is 0.207. The molecule has 0 radical (unpaired) electrons. The quantitative estimate of drug-likeness (QED) is 0.439. The van der Waals surface area contributed by atoms with E-state index in [4.69, 9.17) is 10.5 Å². The average Bonchev–Trinajstić information content (AvgIpc) is 2.47. The number of nitrogens with zero attached hydrogens (tertiary/aromatic N) is 1. The maximum Gasteiger partial charge on any atom is 0.188 e. The number of guanidine groups is 1. The highest BCUT2D eigenvalue weighted by Gasteiger charge is 2.38. The fraction of sp³-hybridized carbons (Fsp3) is 0.588. The Kier molecular flexibility index (Phi) is 6.05. The number of hydrogen-bond donors (Lipinski definition) is 2. The summed E-state index contributed by atoms with van der Waals surface area (Å²) >= 11 is 0. The van der Waals surface area contributed by atoms with Gasteiger partial charge in [-0.2, -0.15) is 0 Å². The van der Waals surface area contributed by atoms with Crippen LogP contribution >= 0.6 is 0 Å². The molecule has 4 heteroatoms. The topological polar surface area (TPSA) is 59.6 Å². The zero-order chi connectivity index (χ0) is 15.0. The molecule has 1 aliphatic carbocycles. The molecule has 0 amide bonds. The van der Waals surface area contributed by atoms with E-state index in [9.17, 15) is 0 Å². The third kappa shape index (κ3) is 4.46. The van der Waals surface area contributed by atoms with E-state index in [-0.39, 0.29) is 5.41 Å². The molecule has 0 aromatic heterocycles. The zero-order valence-electron chi connectivity index (χ0n) is 13.0. The first-order valence-electron chi connectivity index (χ1n) is 7.94. The average molecular weight is 289 g/mol. The van der Waals surface area contributed by atoms with Gasteiger partial charge in [-0.25, -0.2) is 0 Å². The molecule has 1 aromatic rings. The van der Waals surface area contributed by atoms with Crippen LogP contribution in [0.5, 0.6) is 0 Å². The second-order valence-electron chi connectivity index (χ2n) is 5.68. The van der Waals surface area contributed by atoms with Crippen molar-refractivity contribution in [2.75, 3.05) is 26.3 Å². The largest absolute Gasteiger partial charge is 0.382 e. The molecule has 4 nitrogen and oxygen atoms in total. The molecule has 0 bridgehead atoms. The summed E-state index contributed by atoms with van der Waals surface area (Å²) in [5, 5.41) is 3.16. The van der Waals surface area contributed by atoms with Crippen molar-refractivity contribution < 1.29 is 4.74 Å². The number of nitrogens with two attached hydrogens (primary N) is 1. The normalized spacial score (nSPS) is 17.3. The van der Waals surface area contributed by atoms with Gasteiger partial charge in [0.25, 0.3) is 0 Å². The zero-order valence-corrected chi connectivity index (χ0v) is 13.0. The van der Waals surface area contributed by atoms with Crippen molar-refractivity contribution in [1.82, 2.24) is 5.32 Å². The number of benzene rings is 1. The number of aliphatic imine (C=N–C) groups is 1. The number of ether oxygens (including phenoxy) is 1. The molecule has 0 saturated heterocycles. The molecule has 0 spiro atoms. The van der Waals surface area contributed by atoms with Crippen LogP contribution in [0.15, 0.2) is 35.3 Å². The van der Waals surface area contributed by atoms with Crippen LogP contribution in [0.3, 0.4) is 0 Å². The maximum absolute atomic E-state index is 5.95. The lowest BCUT2D eigenvalue weighted by Gasteiger charge is -2.41. The molecule has 1 aliphatic rings. The molecule has 3 N–H and O–H groups in total. The highest BCUT2D eigenvalue weighted by Crippen LogP contribution is 2.43. The van der Waals surface area contributed by atoms with Gasteiger partial charge in [-0.15, -0.1) is 0 Å². The fourth-order valence-electron chi connectivity index (χ4n) is 2.76. The molecule has 0 aliphatic heterocycles. The van der Waals surface area contributed by atoms with Gasteiger partial charge in [0.1, 0.15) is 0 Å². The Balaban J connectivity index is 1.81. The second kappa shape index (κ2) is 8.03. The first-order chi connectivity index (χ1) is 10.3. The van der Waals surface area contributed by atoms with E-state index < -0.39 is 0 Å². The molecule has 2 rings (SSSR count). The highest BCUT2D eigenvalue weighted by molar-refractivity contribution is 5.77. The van der Waals surface area contributed by atoms with Crippen molar-refractivity contribution in [1.29, 1.82) is 0 Å². The summed E-state index contributed by atoms with van der Waals surface area (Å²) in [6.45, 7) is 5.13. The Bertz CT molecular complexity index is 441. The van der Waals surface area contributed by atoms with E-state index in [2.05, 4.69) is 40.6 Å². The van der Waals surface area contributed by atoms with Crippen LogP contribution in [0, 0.1) is 0 Å². The molecule has 1 aromatic carbocycles. The summed E-state index contributed by atoms with van der Waals surface area (Å²) in [6, 6.07) is 10.7. The first kappa shape index (κ1) is 15.8. The Morgan fingerprint density at radius 2 is 2.10 bits per heavy atom. The van der Waals surface area contributed by atoms with Gasteiger partial charge in [0.15, 0.2) is 5.96 Å². The molecule has 0 heterocycles. The minimum Gasteiger partial charge on any atom is -0.382 e. The van der Waals surface area contributed by atoms with Crippen molar-refractivity contribution >= 4 is 5.96 Å². The first-order valence-corrected chi connectivity index (χ1v) is 7.94. The fourth-order valence-corrected chi connectivity index (χ4v) is 2.76. The van der Waals surface area contributed by atoms with Gasteiger partial charge in [-0.05, 0) is 31.7 Å². The van der Waals surface area contributed by atoms with Gasteiger partial charge in [-0.3, -0.25) is 4.99 Å². The van der Waals surface area contributed by atoms with Crippen LogP contribution in [0.2, 0.25) is 0 Å². The standard InChI is InChI=1S/C17H27N3O/c1-2-21-13-7-12-19-16(18)20-14-17(10-6-11-17)15-8-4-3-5-9-15/h3-5,8-9H,2,6-7,10-14H2,1H3,(H3,18,19,20). The Hall–Kier alpha value is -1.55. The summed E-state index contributed by atoms with van der Waals surface area (Å²) < 4.78 is 5.29. The van der Waals surface area contributed by atoms with Crippen LogP contribution in [-0.4, -0.2) is 32.3 Å². The molecule has 1 saturated carbocycles. The summed E-state index contributed by atoms with van der Waals surface area (Å²) in [4.78, 5) is 4.56. The summed E-state index contributed by atoms with van der Waals surface area (Å²) in [7, 11) is 0. The Morgan fingerprint density at radius 1 is 1.33 bits per heavy atom. The summed E-state index contributed by atoms with van der Waals surface area (Å²) in [5.41, 5.74) is 7.55. The van der Waals surface area contributed by atoms with Crippen molar-refractivity contribution in [2.45, 2.75) is 38.0 Å². The second-order valence-corrected chi connectivity index (χ2v) is 5.68. The van der Waals surface area contributed by atoms with Crippen molar-refractivity contribution in [2.24, 2.45) is 10.7 Å².